The number of amides is 1. The molecule has 3 fully saturated rings. The summed E-state index contributed by atoms with van der Waals surface area (Å²) in [4.78, 5) is 30.8. The van der Waals surface area contributed by atoms with Crippen molar-refractivity contribution in [3.63, 3.8) is 0 Å². The van der Waals surface area contributed by atoms with Crippen LogP contribution < -0.4 is 5.56 Å². The van der Waals surface area contributed by atoms with Gasteiger partial charge in [-0.3, -0.25) is 9.59 Å². The zero-order valence-electron chi connectivity index (χ0n) is 13.6. The van der Waals surface area contributed by atoms with Crippen LogP contribution in [0.15, 0.2) is 23.1 Å². The van der Waals surface area contributed by atoms with Crippen molar-refractivity contribution in [3.05, 3.63) is 34.2 Å². The van der Waals surface area contributed by atoms with Gasteiger partial charge in [0, 0.05) is 42.8 Å². The molecule has 3 aliphatic heterocycles. The first-order valence-electron chi connectivity index (χ1n) is 8.29. The molecule has 1 aromatic heterocycles. The van der Waals surface area contributed by atoms with Crippen LogP contribution in [0.3, 0.4) is 0 Å². The molecule has 1 aromatic rings. The minimum absolute atomic E-state index is 0.0597. The number of aromatic amines is 1. The van der Waals surface area contributed by atoms with E-state index in [9.17, 15) is 9.59 Å². The van der Waals surface area contributed by atoms with Crippen molar-refractivity contribution in [3.8, 4) is 0 Å². The molecule has 0 unspecified atom stereocenters. The van der Waals surface area contributed by atoms with Gasteiger partial charge in [0.1, 0.15) is 0 Å². The van der Waals surface area contributed by atoms with E-state index in [0.717, 1.165) is 25.9 Å². The van der Waals surface area contributed by atoms with Gasteiger partial charge in [-0.05, 0) is 33.0 Å². The molecule has 0 aliphatic carbocycles. The highest BCUT2D eigenvalue weighted by atomic mass is 16.5. The summed E-state index contributed by atoms with van der Waals surface area (Å²) in [5, 5.41) is 0. The van der Waals surface area contributed by atoms with Gasteiger partial charge in [-0.25, -0.2) is 0 Å². The molecule has 3 saturated heterocycles. The normalized spacial score (nSPS) is 35.1. The van der Waals surface area contributed by atoms with E-state index in [4.69, 9.17) is 4.74 Å². The highest BCUT2D eigenvalue weighted by Crippen LogP contribution is 2.55. The van der Waals surface area contributed by atoms with Gasteiger partial charge in [-0.2, -0.15) is 0 Å². The van der Waals surface area contributed by atoms with Crippen LogP contribution in [0.2, 0.25) is 0 Å². The molecule has 6 heteroatoms. The Kier molecular flexibility index (Phi) is 3.35. The minimum Gasteiger partial charge on any atom is -0.369 e. The van der Waals surface area contributed by atoms with Gasteiger partial charge in [-0.15, -0.1) is 0 Å². The predicted octanol–water partition coefficient (Wildman–Crippen LogP) is 0.556. The summed E-state index contributed by atoms with van der Waals surface area (Å²) in [6.07, 6.45) is 4.02. The number of nitrogens with one attached hydrogen (secondary N) is 1. The Hall–Kier alpha value is -1.66. The van der Waals surface area contributed by atoms with Crippen LogP contribution >= 0.6 is 0 Å². The number of fused-ring (bicyclic) bond motifs is 1. The number of H-pyrrole nitrogens is 1. The molecular weight excluding hydrogens is 294 g/mol. The summed E-state index contributed by atoms with van der Waals surface area (Å²) in [6, 6.07) is 3.05. The standard InChI is InChI=1S/C17H23N3O3/c1-19(2)8-12-13-9-20(10-17(13)5-3-14(12)23-17)16(22)11-4-6-18-15(21)7-11/h4,6-7,12-14H,3,5,8-10H2,1-2H3,(H,18,21)/t12-,13+,14+,17+/m1/s1. The number of carbonyl (C=O) groups excluding carboxylic acids is 1. The molecule has 23 heavy (non-hydrogen) atoms. The van der Waals surface area contributed by atoms with E-state index >= 15 is 0 Å². The smallest absolute Gasteiger partial charge is 0.254 e. The number of hydrogen-bond acceptors (Lipinski definition) is 4. The molecule has 3 aliphatic rings. The van der Waals surface area contributed by atoms with E-state index in [1.807, 2.05) is 4.90 Å². The molecule has 4 heterocycles. The summed E-state index contributed by atoms with van der Waals surface area (Å²) in [5.41, 5.74) is 0.0715. The lowest BCUT2D eigenvalue weighted by Crippen LogP contribution is -2.40. The van der Waals surface area contributed by atoms with Gasteiger partial charge in [0.15, 0.2) is 0 Å². The fourth-order valence-electron chi connectivity index (χ4n) is 4.77. The molecule has 0 saturated carbocycles. The zero-order valence-corrected chi connectivity index (χ0v) is 13.6. The summed E-state index contributed by atoms with van der Waals surface area (Å²) in [7, 11) is 4.18. The molecule has 1 amide bonds. The Morgan fingerprint density at radius 2 is 2.35 bits per heavy atom. The van der Waals surface area contributed by atoms with E-state index in [2.05, 4.69) is 24.0 Å². The third kappa shape index (κ3) is 2.32. The molecular formula is C17H23N3O3. The number of hydrogen-bond donors (Lipinski definition) is 1. The highest BCUT2D eigenvalue weighted by Gasteiger charge is 2.63. The molecule has 1 N–H and O–H groups in total. The van der Waals surface area contributed by atoms with Crippen molar-refractivity contribution in [1.82, 2.24) is 14.8 Å². The third-order valence-corrected chi connectivity index (χ3v) is 5.67. The van der Waals surface area contributed by atoms with Crippen molar-refractivity contribution in [1.29, 1.82) is 0 Å². The van der Waals surface area contributed by atoms with Crippen LogP contribution in [0, 0.1) is 11.8 Å². The Morgan fingerprint density at radius 3 is 3.09 bits per heavy atom. The molecule has 1 spiro atoms. The second-order valence-corrected chi connectivity index (χ2v) is 7.42. The van der Waals surface area contributed by atoms with E-state index < -0.39 is 0 Å². The van der Waals surface area contributed by atoms with Crippen molar-refractivity contribution in [2.45, 2.75) is 24.5 Å². The SMILES string of the molecule is CN(C)C[C@H]1[C@@H]2CC[C@@]3(CN(C(=O)c4cc[nH]c(=O)c4)C[C@@H]13)O2. The molecule has 0 radical (unpaired) electrons. The van der Waals surface area contributed by atoms with Crippen LogP contribution in [0.4, 0.5) is 0 Å². The zero-order chi connectivity index (χ0) is 16.2. The van der Waals surface area contributed by atoms with E-state index in [0.29, 0.717) is 30.0 Å². The van der Waals surface area contributed by atoms with E-state index in [1.54, 1.807) is 6.07 Å². The average molecular weight is 317 g/mol. The van der Waals surface area contributed by atoms with Gasteiger partial charge >= 0.3 is 0 Å². The van der Waals surface area contributed by atoms with Gasteiger partial charge in [0.05, 0.1) is 18.2 Å². The number of nitrogens with zero attached hydrogens (tertiary/aromatic N) is 2. The molecule has 2 bridgehead atoms. The van der Waals surface area contributed by atoms with Gasteiger partial charge in [0.2, 0.25) is 5.56 Å². The van der Waals surface area contributed by atoms with Crippen molar-refractivity contribution >= 4 is 5.91 Å². The maximum absolute atomic E-state index is 12.7. The number of ether oxygens (including phenoxy) is 1. The lowest BCUT2D eigenvalue weighted by molar-refractivity contribution is 0.00256. The number of carbonyl (C=O) groups is 1. The molecule has 4 rings (SSSR count). The highest BCUT2D eigenvalue weighted by molar-refractivity contribution is 5.94. The van der Waals surface area contributed by atoms with Crippen molar-refractivity contribution < 1.29 is 9.53 Å². The average Bonchev–Trinajstić information content (AvgIpc) is 3.15. The molecule has 124 valence electrons. The fourth-order valence-corrected chi connectivity index (χ4v) is 4.77. The fraction of sp³-hybridized carbons (Fsp3) is 0.647. The van der Waals surface area contributed by atoms with Gasteiger partial charge in [0.25, 0.3) is 5.91 Å². The third-order valence-electron chi connectivity index (χ3n) is 5.67. The first-order valence-corrected chi connectivity index (χ1v) is 8.29. The maximum Gasteiger partial charge on any atom is 0.254 e. The van der Waals surface area contributed by atoms with Crippen molar-refractivity contribution in [2.24, 2.45) is 11.8 Å². The number of pyridine rings is 1. The van der Waals surface area contributed by atoms with E-state index in [-0.39, 0.29) is 17.1 Å². The summed E-state index contributed by atoms with van der Waals surface area (Å²) in [6.45, 7) is 2.40. The largest absolute Gasteiger partial charge is 0.369 e. The maximum atomic E-state index is 12.7. The van der Waals surface area contributed by atoms with Crippen LogP contribution in [-0.4, -0.2) is 66.1 Å². The Morgan fingerprint density at radius 1 is 1.52 bits per heavy atom. The Labute approximate surface area is 135 Å². The monoisotopic (exact) mass is 317 g/mol. The molecule has 6 nitrogen and oxygen atoms in total. The van der Waals surface area contributed by atoms with E-state index in [1.165, 1.54) is 12.3 Å². The first-order chi connectivity index (χ1) is 11.0. The molecule has 0 aromatic carbocycles. The quantitative estimate of drug-likeness (QED) is 0.884. The lowest BCUT2D eigenvalue weighted by atomic mass is 9.73. The molecule has 4 atom stereocenters. The number of rotatable bonds is 3. The van der Waals surface area contributed by atoms with Gasteiger partial charge in [-0.1, -0.05) is 0 Å². The summed E-state index contributed by atoms with van der Waals surface area (Å²) >= 11 is 0. The van der Waals surface area contributed by atoms with Crippen LogP contribution in [0.25, 0.3) is 0 Å². The lowest BCUT2D eigenvalue weighted by Gasteiger charge is -2.30. The summed E-state index contributed by atoms with van der Waals surface area (Å²) < 4.78 is 6.35. The number of aromatic nitrogens is 1. The topological polar surface area (TPSA) is 65.6 Å². The second-order valence-electron chi connectivity index (χ2n) is 7.42. The predicted molar refractivity (Wildman–Crippen MR) is 85.3 cm³/mol. The Bertz CT molecular complexity index is 686. The van der Waals surface area contributed by atoms with Crippen molar-refractivity contribution in [2.75, 3.05) is 33.7 Å². The first kappa shape index (κ1) is 14.9. The summed E-state index contributed by atoms with van der Waals surface area (Å²) in [5.74, 6) is 0.848. The Balaban J connectivity index is 1.56. The number of likely N-dealkylation sites (tertiary alicyclic amines) is 1. The van der Waals surface area contributed by atoms with Crippen LogP contribution in [0.1, 0.15) is 23.2 Å². The van der Waals surface area contributed by atoms with Crippen LogP contribution in [-0.2, 0) is 4.74 Å². The van der Waals surface area contributed by atoms with Crippen LogP contribution in [0.5, 0.6) is 0 Å². The minimum atomic E-state index is -0.240. The van der Waals surface area contributed by atoms with Gasteiger partial charge < -0.3 is 19.5 Å². The second kappa shape index (κ2) is 5.18.